The zero-order valence-electron chi connectivity index (χ0n) is 15.1. The molecule has 0 aliphatic carbocycles. The number of nitrogens with one attached hydrogen (secondary N) is 2. The fourth-order valence-electron chi connectivity index (χ4n) is 2.14. The first-order valence-electron chi connectivity index (χ1n) is 8.22. The fraction of sp³-hybridized carbons (Fsp3) is 0.250. The summed E-state index contributed by atoms with van der Waals surface area (Å²) in [6, 6.07) is 9.38. The van der Waals surface area contributed by atoms with Gasteiger partial charge in [0, 0.05) is 12.6 Å². The van der Waals surface area contributed by atoms with Crippen molar-refractivity contribution in [2.45, 2.75) is 12.1 Å². The van der Waals surface area contributed by atoms with Crippen LogP contribution in [-0.2, 0) is 16.6 Å². The van der Waals surface area contributed by atoms with Gasteiger partial charge in [-0.15, -0.1) is 5.10 Å². The smallest absolute Gasteiger partial charge is 0.413 e. The van der Waals surface area contributed by atoms with Crippen molar-refractivity contribution in [3.8, 4) is 11.3 Å². The second kappa shape index (κ2) is 9.28. The number of aryl methyl sites for hydroxylation is 1. The molecule has 2 heterocycles. The van der Waals surface area contributed by atoms with Gasteiger partial charge in [-0.1, -0.05) is 53.4 Å². The Balaban J connectivity index is 1.75. The van der Waals surface area contributed by atoms with E-state index < -0.39 is 6.09 Å². The third kappa shape index (κ3) is 5.04. The third-order valence-electron chi connectivity index (χ3n) is 3.33. The molecule has 3 rings (SSSR count). The van der Waals surface area contributed by atoms with Crippen molar-refractivity contribution in [2.75, 3.05) is 23.0 Å². The molecule has 2 aromatic heterocycles. The maximum atomic E-state index is 12.4. The van der Waals surface area contributed by atoms with E-state index in [0.717, 1.165) is 16.9 Å². The zero-order valence-corrected chi connectivity index (χ0v) is 16.7. The summed E-state index contributed by atoms with van der Waals surface area (Å²) >= 11 is 2.37. The second-order valence-corrected chi connectivity index (χ2v) is 7.27. The van der Waals surface area contributed by atoms with Crippen LogP contribution < -0.4 is 10.6 Å². The second-order valence-electron chi connectivity index (χ2n) is 5.33. The maximum Gasteiger partial charge on any atom is 0.413 e. The minimum Gasteiger partial charge on any atom is -0.450 e. The number of hydrogen-bond donors (Lipinski definition) is 2. The highest BCUT2D eigenvalue weighted by atomic mass is 32.2. The van der Waals surface area contributed by atoms with Gasteiger partial charge in [-0.3, -0.25) is 10.1 Å². The highest BCUT2D eigenvalue weighted by Crippen LogP contribution is 2.36. The molecule has 28 heavy (non-hydrogen) atoms. The first-order valence-corrected chi connectivity index (χ1v) is 10.0. The molecule has 2 amide bonds. The number of carbonyl (C=O) groups excluding carboxylic acids is 2. The van der Waals surface area contributed by atoms with Gasteiger partial charge in [-0.25, -0.2) is 14.5 Å². The van der Waals surface area contributed by atoms with Gasteiger partial charge in [-0.05, 0) is 17.4 Å². The minimum absolute atomic E-state index is 0.126. The Bertz CT molecular complexity index is 958. The number of carbonyl (C=O) groups is 2. The fourth-order valence-corrected chi connectivity index (χ4v) is 3.68. The van der Waals surface area contributed by atoms with E-state index in [9.17, 15) is 9.59 Å². The average Bonchev–Trinajstić information content (AvgIpc) is 3.26. The molecule has 0 radical (unpaired) electrons. The molecule has 10 nitrogen and oxygen atoms in total. The van der Waals surface area contributed by atoms with Gasteiger partial charge >= 0.3 is 6.09 Å². The quantitative estimate of drug-likeness (QED) is 0.560. The van der Waals surface area contributed by atoms with Gasteiger partial charge in [0.05, 0.1) is 12.4 Å². The minimum atomic E-state index is -0.598. The molecule has 0 bridgehead atoms. The highest BCUT2D eigenvalue weighted by molar-refractivity contribution is 7.99. The highest BCUT2D eigenvalue weighted by Gasteiger charge is 2.18. The standard InChI is InChI=1S/C16H17N7O3S2/c1-3-26-16(25)19-14-18-12(10-7-5-4-6-8-10)13(28-14)17-11(24)9-27-15-20-21-22-23(15)2/h4-8H,3,9H2,1-2H3,(H,17,24)(H,18,19,25). The lowest BCUT2D eigenvalue weighted by Gasteiger charge is -2.04. The molecule has 0 fully saturated rings. The Morgan fingerprint density at radius 3 is 2.71 bits per heavy atom. The Hall–Kier alpha value is -2.99. The van der Waals surface area contributed by atoms with Crippen LogP contribution >= 0.6 is 23.1 Å². The number of amides is 2. The van der Waals surface area contributed by atoms with E-state index in [2.05, 4.69) is 31.1 Å². The van der Waals surface area contributed by atoms with Crippen LogP contribution in [0.2, 0.25) is 0 Å². The molecule has 2 N–H and O–H groups in total. The SMILES string of the molecule is CCOC(=O)Nc1nc(-c2ccccc2)c(NC(=O)CSc2nnnn2C)s1. The van der Waals surface area contributed by atoms with Crippen LogP contribution in [0.15, 0.2) is 35.5 Å². The van der Waals surface area contributed by atoms with Crippen molar-refractivity contribution in [1.82, 2.24) is 25.2 Å². The maximum absolute atomic E-state index is 12.4. The first-order chi connectivity index (χ1) is 13.6. The van der Waals surface area contributed by atoms with Gasteiger partial charge in [0.15, 0.2) is 5.13 Å². The predicted octanol–water partition coefficient (Wildman–Crippen LogP) is 2.63. The lowest BCUT2D eigenvalue weighted by Crippen LogP contribution is -2.14. The van der Waals surface area contributed by atoms with E-state index in [1.807, 2.05) is 30.3 Å². The number of tetrazole rings is 1. The lowest BCUT2D eigenvalue weighted by molar-refractivity contribution is -0.113. The van der Waals surface area contributed by atoms with Gasteiger partial charge in [-0.2, -0.15) is 0 Å². The Labute approximate surface area is 168 Å². The van der Waals surface area contributed by atoms with Crippen molar-refractivity contribution in [2.24, 2.45) is 7.05 Å². The van der Waals surface area contributed by atoms with Gasteiger partial charge < -0.3 is 10.1 Å². The lowest BCUT2D eigenvalue weighted by atomic mass is 10.2. The molecule has 3 aromatic rings. The van der Waals surface area contributed by atoms with E-state index in [1.54, 1.807) is 14.0 Å². The number of benzene rings is 1. The van der Waals surface area contributed by atoms with Gasteiger partial charge in [0.1, 0.15) is 10.7 Å². The van der Waals surface area contributed by atoms with Crippen molar-refractivity contribution in [1.29, 1.82) is 0 Å². The number of nitrogens with zero attached hydrogens (tertiary/aromatic N) is 5. The van der Waals surface area contributed by atoms with Gasteiger partial charge in [0.2, 0.25) is 11.1 Å². The number of aromatic nitrogens is 5. The largest absolute Gasteiger partial charge is 0.450 e. The molecule has 0 atom stereocenters. The molecule has 0 unspecified atom stereocenters. The van der Waals surface area contributed by atoms with Crippen LogP contribution in [0, 0.1) is 0 Å². The summed E-state index contributed by atoms with van der Waals surface area (Å²) in [7, 11) is 1.70. The van der Waals surface area contributed by atoms with E-state index in [-0.39, 0.29) is 18.3 Å². The van der Waals surface area contributed by atoms with E-state index in [0.29, 0.717) is 21.0 Å². The van der Waals surface area contributed by atoms with Crippen LogP contribution in [0.5, 0.6) is 0 Å². The average molecular weight is 419 g/mol. The molecule has 0 aliphatic rings. The normalized spacial score (nSPS) is 10.5. The summed E-state index contributed by atoms with van der Waals surface area (Å²) in [6.07, 6.45) is -0.598. The summed E-state index contributed by atoms with van der Waals surface area (Å²) in [5.41, 5.74) is 1.38. The van der Waals surface area contributed by atoms with Crippen molar-refractivity contribution < 1.29 is 14.3 Å². The Morgan fingerprint density at radius 2 is 2.04 bits per heavy atom. The summed E-state index contributed by atoms with van der Waals surface area (Å²) in [5.74, 6) is -0.113. The van der Waals surface area contributed by atoms with E-state index in [1.165, 1.54) is 16.4 Å². The van der Waals surface area contributed by atoms with Crippen molar-refractivity contribution in [3.05, 3.63) is 30.3 Å². The molecule has 0 saturated carbocycles. The van der Waals surface area contributed by atoms with Crippen LogP contribution in [-0.4, -0.2) is 49.6 Å². The molecule has 0 saturated heterocycles. The summed E-state index contributed by atoms with van der Waals surface area (Å²) in [5, 5.41) is 17.9. The topological polar surface area (TPSA) is 124 Å². The van der Waals surface area contributed by atoms with Crippen molar-refractivity contribution in [3.63, 3.8) is 0 Å². The van der Waals surface area contributed by atoms with Crippen LogP contribution in [0.25, 0.3) is 11.3 Å². The molecular weight excluding hydrogens is 402 g/mol. The number of thioether (sulfide) groups is 1. The summed E-state index contributed by atoms with van der Waals surface area (Å²) < 4.78 is 6.37. The molecule has 0 aliphatic heterocycles. The number of ether oxygens (including phenoxy) is 1. The summed E-state index contributed by atoms with van der Waals surface area (Å²) in [4.78, 5) is 28.5. The molecule has 12 heteroatoms. The number of hydrogen-bond acceptors (Lipinski definition) is 9. The first kappa shape index (κ1) is 19.8. The predicted molar refractivity (Wildman–Crippen MR) is 106 cm³/mol. The van der Waals surface area contributed by atoms with E-state index in [4.69, 9.17) is 4.74 Å². The van der Waals surface area contributed by atoms with Crippen LogP contribution in [0.1, 0.15) is 6.92 Å². The molecular formula is C16H17N7O3S2. The monoisotopic (exact) mass is 419 g/mol. The summed E-state index contributed by atoms with van der Waals surface area (Å²) in [6.45, 7) is 1.97. The van der Waals surface area contributed by atoms with Crippen molar-refractivity contribution >= 4 is 45.2 Å². The van der Waals surface area contributed by atoms with Gasteiger partial charge in [0.25, 0.3) is 0 Å². The number of thiazole rings is 1. The zero-order chi connectivity index (χ0) is 19.9. The Kier molecular flexibility index (Phi) is 6.55. The number of rotatable bonds is 7. The number of anilines is 2. The molecule has 1 aromatic carbocycles. The third-order valence-corrected chi connectivity index (χ3v) is 5.22. The molecule has 0 spiro atoms. The molecule has 146 valence electrons. The Morgan fingerprint density at radius 1 is 1.25 bits per heavy atom. The van der Waals surface area contributed by atoms with E-state index >= 15 is 0 Å². The van der Waals surface area contributed by atoms with Crippen LogP contribution in [0.4, 0.5) is 14.9 Å². The van der Waals surface area contributed by atoms with Crippen LogP contribution in [0.3, 0.4) is 0 Å².